The maximum absolute atomic E-state index is 11.8. The Bertz CT molecular complexity index is 361. The van der Waals surface area contributed by atoms with Gasteiger partial charge in [-0.2, -0.15) is 0 Å². The normalized spacial score (nSPS) is 13.3. The Morgan fingerprint density at radius 1 is 1.25 bits per heavy atom. The van der Waals surface area contributed by atoms with E-state index in [0.717, 1.165) is 5.56 Å². The number of hydrogen-bond donors (Lipinski definition) is 2. The van der Waals surface area contributed by atoms with Gasteiger partial charge in [-0.25, -0.2) is 0 Å². The molecule has 0 bridgehead atoms. The van der Waals surface area contributed by atoms with Crippen molar-refractivity contribution >= 4 is 5.91 Å². The molecule has 3 heteroatoms. The molecule has 1 aromatic rings. The maximum atomic E-state index is 11.8. The van der Waals surface area contributed by atoms with Crippen LogP contribution in [0.3, 0.4) is 0 Å². The Morgan fingerprint density at radius 3 is 2.12 bits per heavy atom. The lowest BCUT2D eigenvalue weighted by atomic mass is 10.0. The summed E-state index contributed by atoms with van der Waals surface area (Å²) in [4.78, 5) is 11.8. The topological polar surface area (TPSA) is 55.1 Å². The van der Waals surface area contributed by atoms with Gasteiger partial charge in [-0.3, -0.25) is 4.79 Å². The highest BCUT2D eigenvalue weighted by Gasteiger charge is 2.15. The van der Waals surface area contributed by atoms with E-state index >= 15 is 0 Å². The molecule has 3 N–H and O–H groups in total. The Morgan fingerprint density at radius 2 is 1.75 bits per heavy atom. The van der Waals surface area contributed by atoms with Gasteiger partial charge in [0.05, 0.1) is 0 Å². The molecule has 1 atom stereocenters. The van der Waals surface area contributed by atoms with Crippen molar-refractivity contribution in [3.63, 3.8) is 0 Å². The first kappa shape index (κ1) is 12.7. The second-order valence-electron chi connectivity index (χ2n) is 5.11. The number of amides is 1. The van der Waals surface area contributed by atoms with Gasteiger partial charge in [0.15, 0.2) is 0 Å². The van der Waals surface area contributed by atoms with Gasteiger partial charge in [0.1, 0.15) is 0 Å². The van der Waals surface area contributed by atoms with E-state index in [-0.39, 0.29) is 17.5 Å². The molecule has 0 fully saturated rings. The summed E-state index contributed by atoms with van der Waals surface area (Å²) in [6.07, 6.45) is 0. The molecule has 1 amide bonds. The zero-order valence-corrected chi connectivity index (χ0v) is 10.4. The molecular weight excluding hydrogens is 200 g/mol. The number of rotatable bonds is 2. The van der Waals surface area contributed by atoms with E-state index in [0.29, 0.717) is 5.56 Å². The zero-order valence-electron chi connectivity index (χ0n) is 10.4. The van der Waals surface area contributed by atoms with Crippen LogP contribution >= 0.6 is 0 Å². The average Bonchev–Trinajstić information content (AvgIpc) is 2.15. The van der Waals surface area contributed by atoms with Crippen LogP contribution in [0.25, 0.3) is 0 Å². The van der Waals surface area contributed by atoms with E-state index in [1.807, 2.05) is 39.8 Å². The Balaban J connectivity index is 2.78. The van der Waals surface area contributed by atoms with Crippen LogP contribution in [0.2, 0.25) is 0 Å². The van der Waals surface area contributed by atoms with E-state index in [2.05, 4.69) is 5.32 Å². The van der Waals surface area contributed by atoms with Crippen LogP contribution in [0.1, 0.15) is 49.7 Å². The fourth-order valence-corrected chi connectivity index (χ4v) is 1.35. The third-order valence-electron chi connectivity index (χ3n) is 2.19. The SMILES string of the molecule is CC(N)c1ccc(C(=O)NC(C)(C)C)cc1. The number of nitrogens with two attached hydrogens (primary N) is 1. The van der Waals surface area contributed by atoms with E-state index in [4.69, 9.17) is 5.73 Å². The monoisotopic (exact) mass is 220 g/mol. The van der Waals surface area contributed by atoms with E-state index in [1.165, 1.54) is 0 Å². The van der Waals surface area contributed by atoms with Crippen LogP contribution in [-0.2, 0) is 0 Å². The third-order valence-corrected chi connectivity index (χ3v) is 2.19. The van der Waals surface area contributed by atoms with Gasteiger partial charge in [0.25, 0.3) is 5.91 Å². The molecule has 1 aromatic carbocycles. The number of carbonyl (C=O) groups is 1. The quantitative estimate of drug-likeness (QED) is 0.803. The number of nitrogens with one attached hydrogen (secondary N) is 1. The van der Waals surface area contributed by atoms with E-state index in [1.54, 1.807) is 12.1 Å². The van der Waals surface area contributed by atoms with Crippen molar-refractivity contribution in [2.45, 2.75) is 39.3 Å². The largest absolute Gasteiger partial charge is 0.347 e. The molecule has 0 spiro atoms. The Kier molecular flexibility index (Phi) is 3.70. The van der Waals surface area contributed by atoms with Gasteiger partial charge >= 0.3 is 0 Å². The summed E-state index contributed by atoms with van der Waals surface area (Å²) in [6, 6.07) is 7.39. The van der Waals surface area contributed by atoms with Crippen LogP contribution < -0.4 is 11.1 Å². The molecule has 0 saturated carbocycles. The van der Waals surface area contributed by atoms with Crippen molar-refractivity contribution in [1.29, 1.82) is 0 Å². The second kappa shape index (κ2) is 4.66. The fraction of sp³-hybridized carbons (Fsp3) is 0.462. The summed E-state index contributed by atoms with van der Waals surface area (Å²) in [5.41, 5.74) is 7.23. The molecule has 3 nitrogen and oxygen atoms in total. The summed E-state index contributed by atoms with van der Waals surface area (Å²) in [6.45, 7) is 7.80. The molecular formula is C13H20N2O. The molecule has 0 heterocycles. The first-order valence-corrected chi connectivity index (χ1v) is 5.47. The highest BCUT2D eigenvalue weighted by atomic mass is 16.1. The van der Waals surface area contributed by atoms with Gasteiger partial charge in [-0.1, -0.05) is 12.1 Å². The summed E-state index contributed by atoms with van der Waals surface area (Å²) < 4.78 is 0. The van der Waals surface area contributed by atoms with Crippen LogP contribution in [0.15, 0.2) is 24.3 Å². The molecule has 88 valence electrons. The first-order chi connectivity index (χ1) is 7.29. The number of benzene rings is 1. The molecule has 1 unspecified atom stereocenters. The lowest BCUT2D eigenvalue weighted by molar-refractivity contribution is 0.0919. The molecule has 0 aromatic heterocycles. The third kappa shape index (κ3) is 3.66. The zero-order chi connectivity index (χ0) is 12.3. The summed E-state index contributed by atoms with van der Waals surface area (Å²) in [5, 5.41) is 2.91. The first-order valence-electron chi connectivity index (χ1n) is 5.47. The van der Waals surface area contributed by atoms with Gasteiger partial charge in [0.2, 0.25) is 0 Å². The molecule has 0 aliphatic carbocycles. The lowest BCUT2D eigenvalue weighted by Gasteiger charge is -2.20. The predicted molar refractivity (Wildman–Crippen MR) is 66.3 cm³/mol. The van der Waals surface area contributed by atoms with Crippen LogP contribution in [0.5, 0.6) is 0 Å². The van der Waals surface area contributed by atoms with Crippen LogP contribution in [0.4, 0.5) is 0 Å². The van der Waals surface area contributed by atoms with Crippen LogP contribution in [0, 0.1) is 0 Å². The molecule has 0 aliphatic rings. The Hall–Kier alpha value is -1.35. The summed E-state index contributed by atoms with van der Waals surface area (Å²) in [7, 11) is 0. The minimum absolute atomic E-state index is 0.000252. The van der Waals surface area contributed by atoms with Crippen molar-refractivity contribution in [3.05, 3.63) is 35.4 Å². The standard InChI is InChI=1S/C13H20N2O/c1-9(14)10-5-7-11(8-6-10)12(16)15-13(2,3)4/h5-9H,14H2,1-4H3,(H,15,16). The van der Waals surface area contributed by atoms with Gasteiger partial charge < -0.3 is 11.1 Å². The average molecular weight is 220 g/mol. The maximum Gasteiger partial charge on any atom is 0.251 e. The van der Waals surface area contributed by atoms with Crippen molar-refractivity contribution in [2.75, 3.05) is 0 Å². The molecule has 0 aliphatic heterocycles. The fourth-order valence-electron chi connectivity index (χ4n) is 1.35. The van der Waals surface area contributed by atoms with Gasteiger partial charge in [-0.05, 0) is 45.4 Å². The lowest BCUT2D eigenvalue weighted by Crippen LogP contribution is -2.40. The summed E-state index contributed by atoms with van der Waals surface area (Å²) >= 11 is 0. The van der Waals surface area contributed by atoms with Crippen LogP contribution in [-0.4, -0.2) is 11.4 Å². The molecule has 0 radical (unpaired) electrons. The second-order valence-corrected chi connectivity index (χ2v) is 5.11. The molecule has 0 saturated heterocycles. The predicted octanol–water partition coefficient (Wildman–Crippen LogP) is 2.23. The van der Waals surface area contributed by atoms with Crippen molar-refractivity contribution in [3.8, 4) is 0 Å². The van der Waals surface area contributed by atoms with Crippen molar-refractivity contribution < 1.29 is 4.79 Å². The molecule has 1 rings (SSSR count). The summed E-state index contributed by atoms with van der Waals surface area (Å²) in [5.74, 6) is -0.0521. The number of hydrogen-bond acceptors (Lipinski definition) is 2. The minimum atomic E-state index is -0.211. The molecule has 16 heavy (non-hydrogen) atoms. The van der Waals surface area contributed by atoms with Gasteiger partial charge in [-0.15, -0.1) is 0 Å². The van der Waals surface area contributed by atoms with E-state index in [9.17, 15) is 4.79 Å². The van der Waals surface area contributed by atoms with Gasteiger partial charge in [0, 0.05) is 17.1 Å². The van der Waals surface area contributed by atoms with Crippen molar-refractivity contribution in [2.24, 2.45) is 5.73 Å². The highest BCUT2D eigenvalue weighted by Crippen LogP contribution is 2.11. The Labute approximate surface area is 97.0 Å². The number of carbonyl (C=O) groups excluding carboxylic acids is 1. The van der Waals surface area contributed by atoms with E-state index < -0.39 is 0 Å². The highest BCUT2D eigenvalue weighted by molar-refractivity contribution is 5.94. The minimum Gasteiger partial charge on any atom is -0.347 e. The van der Waals surface area contributed by atoms with Crippen molar-refractivity contribution in [1.82, 2.24) is 5.32 Å². The smallest absolute Gasteiger partial charge is 0.251 e.